The second-order valence-corrected chi connectivity index (χ2v) is 8.62. The van der Waals surface area contributed by atoms with Crippen LogP contribution in [0.15, 0.2) is 54.9 Å². The lowest BCUT2D eigenvalue weighted by Crippen LogP contribution is -2.44. The van der Waals surface area contributed by atoms with Crippen LogP contribution < -0.4 is 5.32 Å². The van der Waals surface area contributed by atoms with Crippen molar-refractivity contribution in [1.29, 1.82) is 0 Å². The Morgan fingerprint density at radius 3 is 2.24 bits per heavy atom. The summed E-state index contributed by atoms with van der Waals surface area (Å²) in [7, 11) is 0. The molecule has 178 valence electrons. The number of H-pyrrole nitrogens is 2. The van der Waals surface area contributed by atoms with Crippen LogP contribution in [0.2, 0.25) is 5.02 Å². The van der Waals surface area contributed by atoms with Gasteiger partial charge in [0.1, 0.15) is 6.04 Å². The van der Waals surface area contributed by atoms with E-state index in [-0.39, 0.29) is 24.7 Å². The van der Waals surface area contributed by atoms with Crippen molar-refractivity contribution in [2.24, 2.45) is 5.92 Å². The van der Waals surface area contributed by atoms with Crippen molar-refractivity contribution in [2.45, 2.75) is 32.7 Å². The predicted molar refractivity (Wildman–Crippen MR) is 131 cm³/mol. The maximum atomic E-state index is 12.0. The van der Waals surface area contributed by atoms with E-state index < -0.39 is 18.0 Å². The maximum Gasteiger partial charge on any atom is 0.326 e. The topological polar surface area (TPSA) is 135 Å². The molecular formula is C25H26ClN3O5. The van der Waals surface area contributed by atoms with Crippen molar-refractivity contribution in [3.05, 3.63) is 71.0 Å². The highest BCUT2D eigenvalue weighted by Crippen LogP contribution is 2.26. The number of hydrogen-bond donors (Lipinski definition) is 5. The number of amides is 1. The molecular weight excluding hydrogens is 458 g/mol. The van der Waals surface area contributed by atoms with E-state index in [0.29, 0.717) is 5.02 Å². The number of aromatic nitrogens is 2. The number of fused-ring (bicyclic) bond motifs is 2. The summed E-state index contributed by atoms with van der Waals surface area (Å²) in [6, 6.07) is 12.3. The lowest BCUT2D eigenvalue weighted by atomic mass is 10.0. The molecule has 4 aromatic rings. The molecule has 0 saturated heterocycles. The standard InChI is InChI=1S/C15H18N2O3.C10H8ClNO2/c1-9(2)14(15(19)20)17-13(18)7-10-8-16-12-6-4-3-5-11(10)12;11-7-2-1-3-8-10(7)6(5-12-8)4-9(13)14/h3-6,8-9,14,16H,7H2,1-2H3,(H,17,18)(H,19,20);1-3,5,12H,4H2,(H,13,14). The van der Waals surface area contributed by atoms with Crippen LogP contribution in [-0.2, 0) is 27.2 Å². The normalized spacial score (nSPS) is 11.8. The van der Waals surface area contributed by atoms with Gasteiger partial charge in [0, 0.05) is 34.2 Å². The first-order valence-corrected chi connectivity index (χ1v) is 11.1. The first kappa shape index (κ1) is 24.9. The van der Waals surface area contributed by atoms with Crippen molar-refractivity contribution < 1.29 is 24.6 Å². The molecule has 9 heteroatoms. The summed E-state index contributed by atoms with van der Waals surface area (Å²) in [5.74, 6) is -2.30. The summed E-state index contributed by atoms with van der Waals surface area (Å²) in [6.07, 6.45) is 3.63. The number of rotatable bonds is 7. The zero-order chi connectivity index (χ0) is 24.8. The van der Waals surface area contributed by atoms with E-state index in [9.17, 15) is 14.4 Å². The summed E-state index contributed by atoms with van der Waals surface area (Å²) in [4.78, 5) is 39.7. The van der Waals surface area contributed by atoms with E-state index in [0.717, 1.165) is 32.9 Å². The van der Waals surface area contributed by atoms with Crippen molar-refractivity contribution in [3.63, 3.8) is 0 Å². The summed E-state index contributed by atoms with van der Waals surface area (Å²) in [5, 5.41) is 22.7. The van der Waals surface area contributed by atoms with Crippen molar-refractivity contribution in [1.82, 2.24) is 15.3 Å². The zero-order valence-electron chi connectivity index (χ0n) is 18.8. The Bertz CT molecular complexity index is 1320. The molecule has 0 radical (unpaired) electrons. The van der Waals surface area contributed by atoms with Gasteiger partial charge in [-0.15, -0.1) is 0 Å². The van der Waals surface area contributed by atoms with Gasteiger partial charge in [-0.1, -0.05) is 49.7 Å². The second-order valence-electron chi connectivity index (χ2n) is 8.21. The Balaban J connectivity index is 0.000000202. The molecule has 1 unspecified atom stereocenters. The van der Waals surface area contributed by atoms with Crippen LogP contribution in [0.25, 0.3) is 21.8 Å². The molecule has 4 rings (SSSR count). The number of para-hydroxylation sites is 1. The number of benzene rings is 2. The number of aromatic amines is 2. The largest absolute Gasteiger partial charge is 0.481 e. The number of aliphatic carboxylic acids is 2. The zero-order valence-corrected chi connectivity index (χ0v) is 19.5. The summed E-state index contributed by atoms with van der Waals surface area (Å²) in [6.45, 7) is 3.54. The van der Waals surface area contributed by atoms with Crippen LogP contribution in [0.5, 0.6) is 0 Å². The summed E-state index contributed by atoms with van der Waals surface area (Å²) >= 11 is 5.97. The first-order valence-electron chi connectivity index (χ1n) is 10.7. The second kappa shape index (κ2) is 10.9. The third-order valence-corrected chi connectivity index (χ3v) is 5.67. The third kappa shape index (κ3) is 5.96. The fraction of sp³-hybridized carbons (Fsp3) is 0.240. The van der Waals surface area contributed by atoms with E-state index in [2.05, 4.69) is 15.3 Å². The smallest absolute Gasteiger partial charge is 0.326 e. The molecule has 0 aliphatic carbocycles. The highest BCUT2D eigenvalue weighted by atomic mass is 35.5. The number of carboxylic acid groups (broad SMARTS) is 2. The van der Waals surface area contributed by atoms with Gasteiger partial charge in [0.05, 0.1) is 17.9 Å². The Kier molecular flexibility index (Phi) is 7.96. The van der Waals surface area contributed by atoms with E-state index in [1.807, 2.05) is 36.4 Å². The molecule has 0 aliphatic rings. The molecule has 2 aromatic carbocycles. The molecule has 1 amide bonds. The van der Waals surface area contributed by atoms with Crippen molar-refractivity contribution in [3.8, 4) is 0 Å². The number of carboxylic acids is 2. The minimum atomic E-state index is -1.01. The van der Waals surface area contributed by atoms with Crippen molar-refractivity contribution in [2.75, 3.05) is 0 Å². The SMILES string of the molecule is CC(C)C(NC(=O)Cc1c[nH]c2ccccc12)C(=O)O.O=C(O)Cc1c[nH]c2cccc(Cl)c12. The molecule has 5 N–H and O–H groups in total. The van der Waals surface area contributed by atoms with Crippen LogP contribution in [0.4, 0.5) is 0 Å². The molecule has 0 fully saturated rings. The van der Waals surface area contributed by atoms with Gasteiger partial charge in [-0.25, -0.2) is 4.79 Å². The monoisotopic (exact) mass is 483 g/mol. The quantitative estimate of drug-likeness (QED) is 0.266. The van der Waals surface area contributed by atoms with Gasteiger partial charge in [0.2, 0.25) is 5.91 Å². The minimum absolute atomic E-state index is 0.0102. The lowest BCUT2D eigenvalue weighted by Gasteiger charge is -2.17. The fourth-order valence-corrected chi connectivity index (χ4v) is 3.99. The number of nitrogens with one attached hydrogen (secondary N) is 3. The van der Waals surface area contributed by atoms with Crippen LogP contribution in [0.3, 0.4) is 0 Å². The Hall–Kier alpha value is -3.78. The van der Waals surface area contributed by atoms with Gasteiger partial charge >= 0.3 is 11.9 Å². The van der Waals surface area contributed by atoms with E-state index in [1.165, 1.54) is 0 Å². The first-order chi connectivity index (χ1) is 16.2. The van der Waals surface area contributed by atoms with Gasteiger partial charge in [-0.2, -0.15) is 0 Å². The van der Waals surface area contributed by atoms with Crippen molar-refractivity contribution >= 4 is 51.3 Å². The molecule has 2 heterocycles. The number of hydrogen-bond acceptors (Lipinski definition) is 3. The molecule has 0 saturated carbocycles. The Morgan fingerprint density at radius 2 is 1.56 bits per heavy atom. The van der Waals surface area contributed by atoms with E-state index in [4.69, 9.17) is 21.8 Å². The van der Waals surface area contributed by atoms with Gasteiger partial charge in [-0.05, 0) is 35.2 Å². The average Bonchev–Trinajstić information content (AvgIpc) is 3.37. The summed E-state index contributed by atoms with van der Waals surface area (Å²) < 4.78 is 0. The van der Waals surface area contributed by atoms with Gasteiger partial charge in [-0.3, -0.25) is 9.59 Å². The van der Waals surface area contributed by atoms with Gasteiger partial charge < -0.3 is 25.5 Å². The molecule has 1 atom stereocenters. The molecule has 0 bridgehead atoms. The number of carbonyl (C=O) groups excluding carboxylic acids is 1. The van der Waals surface area contributed by atoms with E-state index >= 15 is 0 Å². The Morgan fingerprint density at radius 1 is 0.912 bits per heavy atom. The Labute approximate surface area is 200 Å². The predicted octanol–water partition coefficient (Wildman–Crippen LogP) is 4.38. The van der Waals surface area contributed by atoms with Gasteiger partial charge in [0.15, 0.2) is 0 Å². The fourth-order valence-electron chi connectivity index (χ4n) is 3.70. The highest BCUT2D eigenvalue weighted by Gasteiger charge is 2.23. The van der Waals surface area contributed by atoms with Gasteiger partial charge in [0.25, 0.3) is 0 Å². The van der Waals surface area contributed by atoms with Crippen LogP contribution in [-0.4, -0.2) is 44.1 Å². The van der Waals surface area contributed by atoms with Crippen LogP contribution in [0, 0.1) is 5.92 Å². The third-order valence-electron chi connectivity index (χ3n) is 5.35. The lowest BCUT2D eigenvalue weighted by molar-refractivity contribution is -0.143. The summed E-state index contributed by atoms with van der Waals surface area (Å²) in [5.41, 5.74) is 3.42. The molecule has 8 nitrogen and oxygen atoms in total. The van der Waals surface area contributed by atoms with Crippen LogP contribution >= 0.6 is 11.6 Å². The number of halogens is 1. The van der Waals surface area contributed by atoms with Crippen LogP contribution in [0.1, 0.15) is 25.0 Å². The molecule has 34 heavy (non-hydrogen) atoms. The molecule has 0 spiro atoms. The average molecular weight is 484 g/mol. The van der Waals surface area contributed by atoms with E-state index in [1.54, 1.807) is 32.3 Å². The maximum absolute atomic E-state index is 12.0. The highest BCUT2D eigenvalue weighted by molar-refractivity contribution is 6.35. The number of carbonyl (C=O) groups is 3. The molecule has 2 aromatic heterocycles. The molecule has 0 aliphatic heterocycles. The minimum Gasteiger partial charge on any atom is -0.481 e.